The van der Waals surface area contributed by atoms with Crippen molar-refractivity contribution in [1.82, 2.24) is 4.90 Å². The summed E-state index contributed by atoms with van der Waals surface area (Å²) in [5, 5.41) is 4.11. The highest BCUT2D eigenvalue weighted by Crippen LogP contribution is 2.30. The van der Waals surface area contributed by atoms with Crippen LogP contribution in [-0.4, -0.2) is 50.6 Å². The van der Waals surface area contributed by atoms with E-state index in [1.165, 1.54) is 0 Å². The van der Waals surface area contributed by atoms with E-state index >= 15 is 0 Å². The number of rotatable bonds is 5. The van der Waals surface area contributed by atoms with Crippen LogP contribution in [0.3, 0.4) is 0 Å². The molecule has 0 radical (unpaired) electrons. The van der Waals surface area contributed by atoms with E-state index in [-0.39, 0.29) is 12.5 Å². The summed E-state index contributed by atoms with van der Waals surface area (Å²) in [6.07, 6.45) is 0. The maximum absolute atomic E-state index is 12.3. The van der Waals surface area contributed by atoms with Crippen LogP contribution in [0.5, 0.6) is 5.75 Å². The third-order valence-electron chi connectivity index (χ3n) is 4.26. The maximum Gasteiger partial charge on any atom is 0.262 e. The molecule has 0 saturated carbocycles. The molecule has 2 aromatic rings. The Kier molecular flexibility index (Phi) is 6.25. The molecule has 1 aliphatic heterocycles. The number of carbonyl (C=O) groups excluding carboxylic acids is 1. The lowest BCUT2D eigenvalue weighted by molar-refractivity contribution is -0.118. The van der Waals surface area contributed by atoms with Crippen molar-refractivity contribution < 1.29 is 9.53 Å². The topological polar surface area (TPSA) is 44.8 Å². The van der Waals surface area contributed by atoms with Crippen molar-refractivity contribution >= 4 is 40.5 Å². The number of ether oxygens (including phenoxy) is 1. The molecule has 0 atom stereocenters. The summed E-state index contributed by atoms with van der Waals surface area (Å²) in [5.41, 5.74) is 1.68. The summed E-state index contributed by atoms with van der Waals surface area (Å²) in [6.45, 7) is 3.69. The van der Waals surface area contributed by atoms with Gasteiger partial charge in [-0.1, -0.05) is 23.2 Å². The SMILES string of the molecule is CN1CCN(c2ccc(Cl)cc2NC(=O)COc2ccc(Cl)cc2)CC1. The molecule has 1 fully saturated rings. The Morgan fingerprint density at radius 3 is 2.38 bits per heavy atom. The second kappa shape index (κ2) is 8.62. The van der Waals surface area contributed by atoms with Crippen molar-refractivity contribution in [2.24, 2.45) is 0 Å². The molecule has 1 saturated heterocycles. The molecule has 0 spiro atoms. The van der Waals surface area contributed by atoms with Gasteiger partial charge in [-0.25, -0.2) is 0 Å². The number of anilines is 2. The average molecular weight is 394 g/mol. The molecule has 3 rings (SSSR count). The monoisotopic (exact) mass is 393 g/mol. The normalized spacial score (nSPS) is 15.0. The molecule has 1 N–H and O–H groups in total. The summed E-state index contributed by atoms with van der Waals surface area (Å²) in [4.78, 5) is 16.9. The number of nitrogens with one attached hydrogen (secondary N) is 1. The third-order valence-corrected chi connectivity index (χ3v) is 4.75. The van der Waals surface area contributed by atoms with Gasteiger partial charge in [0.15, 0.2) is 6.61 Å². The highest BCUT2D eigenvalue weighted by atomic mass is 35.5. The van der Waals surface area contributed by atoms with E-state index in [0.29, 0.717) is 21.5 Å². The van der Waals surface area contributed by atoms with Gasteiger partial charge in [0, 0.05) is 36.2 Å². The molecule has 1 heterocycles. The fourth-order valence-electron chi connectivity index (χ4n) is 2.80. The molecule has 7 heteroatoms. The van der Waals surface area contributed by atoms with Gasteiger partial charge >= 0.3 is 0 Å². The highest BCUT2D eigenvalue weighted by molar-refractivity contribution is 6.31. The zero-order valence-corrected chi connectivity index (χ0v) is 16.1. The molecular weight excluding hydrogens is 373 g/mol. The minimum atomic E-state index is -0.238. The fraction of sp³-hybridized carbons (Fsp3) is 0.316. The predicted octanol–water partition coefficient (Wildman–Crippen LogP) is 3.76. The van der Waals surface area contributed by atoms with Gasteiger partial charge in [0.1, 0.15) is 5.75 Å². The summed E-state index contributed by atoms with van der Waals surface area (Å²) < 4.78 is 5.50. The Morgan fingerprint density at radius 1 is 1.04 bits per heavy atom. The first-order valence-electron chi connectivity index (χ1n) is 8.42. The molecular formula is C19H21Cl2N3O2. The van der Waals surface area contributed by atoms with Gasteiger partial charge in [-0.05, 0) is 49.5 Å². The van der Waals surface area contributed by atoms with Crippen LogP contribution in [0.25, 0.3) is 0 Å². The van der Waals surface area contributed by atoms with Gasteiger partial charge < -0.3 is 19.9 Å². The van der Waals surface area contributed by atoms with E-state index in [4.69, 9.17) is 27.9 Å². The van der Waals surface area contributed by atoms with E-state index < -0.39 is 0 Å². The van der Waals surface area contributed by atoms with Crippen molar-refractivity contribution in [3.8, 4) is 5.75 Å². The summed E-state index contributed by atoms with van der Waals surface area (Å²) in [7, 11) is 2.11. The number of likely N-dealkylation sites (N-methyl/N-ethyl adjacent to an activating group) is 1. The first-order chi connectivity index (χ1) is 12.5. The number of benzene rings is 2. The fourth-order valence-corrected chi connectivity index (χ4v) is 3.10. The lowest BCUT2D eigenvalue weighted by Crippen LogP contribution is -2.44. The van der Waals surface area contributed by atoms with Crippen molar-refractivity contribution in [3.05, 3.63) is 52.5 Å². The zero-order valence-electron chi connectivity index (χ0n) is 14.5. The van der Waals surface area contributed by atoms with Crippen LogP contribution in [0.2, 0.25) is 10.0 Å². The first-order valence-corrected chi connectivity index (χ1v) is 9.18. The molecule has 1 aliphatic rings. The van der Waals surface area contributed by atoms with Crippen LogP contribution >= 0.6 is 23.2 Å². The minimum Gasteiger partial charge on any atom is -0.484 e. The quantitative estimate of drug-likeness (QED) is 0.839. The molecule has 0 unspecified atom stereocenters. The van der Waals surface area contributed by atoms with Gasteiger partial charge in [-0.15, -0.1) is 0 Å². The van der Waals surface area contributed by atoms with Crippen LogP contribution in [0, 0.1) is 0 Å². The number of hydrogen-bond acceptors (Lipinski definition) is 4. The molecule has 2 aromatic carbocycles. The van der Waals surface area contributed by atoms with E-state index in [0.717, 1.165) is 31.9 Å². The average Bonchev–Trinajstić information content (AvgIpc) is 2.62. The van der Waals surface area contributed by atoms with Crippen molar-refractivity contribution in [1.29, 1.82) is 0 Å². The third kappa shape index (κ3) is 5.04. The lowest BCUT2D eigenvalue weighted by atomic mass is 10.2. The Hall–Kier alpha value is -1.95. The lowest BCUT2D eigenvalue weighted by Gasteiger charge is -2.35. The van der Waals surface area contributed by atoms with Crippen LogP contribution < -0.4 is 15.0 Å². The van der Waals surface area contributed by atoms with Crippen molar-refractivity contribution in [2.45, 2.75) is 0 Å². The molecule has 0 aliphatic carbocycles. The van der Waals surface area contributed by atoms with Crippen LogP contribution in [0.15, 0.2) is 42.5 Å². The number of hydrogen-bond donors (Lipinski definition) is 1. The van der Waals surface area contributed by atoms with E-state index in [1.807, 2.05) is 12.1 Å². The molecule has 0 bridgehead atoms. The zero-order chi connectivity index (χ0) is 18.5. The van der Waals surface area contributed by atoms with Crippen molar-refractivity contribution in [2.75, 3.05) is 50.1 Å². The number of amides is 1. The smallest absolute Gasteiger partial charge is 0.262 e. The second-order valence-corrected chi connectivity index (χ2v) is 7.12. The molecule has 138 valence electrons. The van der Waals surface area contributed by atoms with Crippen molar-refractivity contribution in [3.63, 3.8) is 0 Å². The first kappa shape index (κ1) is 18.8. The maximum atomic E-state index is 12.3. The number of nitrogens with zero attached hydrogens (tertiary/aromatic N) is 2. The highest BCUT2D eigenvalue weighted by Gasteiger charge is 2.18. The van der Waals surface area contributed by atoms with Gasteiger partial charge in [-0.2, -0.15) is 0 Å². The van der Waals surface area contributed by atoms with Crippen LogP contribution in [-0.2, 0) is 4.79 Å². The van der Waals surface area contributed by atoms with E-state index in [9.17, 15) is 4.79 Å². The molecule has 26 heavy (non-hydrogen) atoms. The van der Waals surface area contributed by atoms with Crippen LogP contribution in [0.1, 0.15) is 0 Å². The molecule has 5 nitrogen and oxygen atoms in total. The van der Waals surface area contributed by atoms with E-state index in [1.54, 1.807) is 30.3 Å². The summed E-state index contributed by atoms with van der Waals surface area (Å²) in [6, 6.07) is 12.5. The number of carbonyl (C=O) groups is 1. The minimum absolute atomic E-state index is 0.0870. The Bertz CT molecular complexity index is 760. The number of halogens is 2. The van der Waals surface area contributed by atoms with Gasteiger partial charge in [0.25, 0.3) is 5.91 Å². The van der Waals surface area contributed by atoms with Gasteiger partial charge in [0.2, 0.25) is 0 Å². The largest absolute Gasteiger partial charge is 0.484 e. The summed E-state index contributed by atoms with van der Waals surface area (Å²) in [5.74, 6) is 0.354. The van der Waals surface area contributed by atoms with E-state index in [2.05, 4.69) is 22.2 Å². The summed E-state index contributed by atoms with van der Waals surface area (Å²) >= 11 is 12.0. The Labute approximate surface area is 163 Å². The molecule has 1 amide bonds. The second-order valence-electron chi connectivity index (χ2n) is 6.24. The van der Waals surface area contributed by atoms with Gasteiger partial charge in [-0.3, -0.25) is 4.79 Å². The Morgan fingerprint density at radius 2 is 1.69 bits per heavy atom. The predicted molar refractivity (Wildman–Crippen MR) is 107 cm³/mol. The van der Waals surface area contributed by atoms with Gasteiger partial charge in [0.05, 0.1) is 11.4 Å². The molecule has 0 aromatic heterocycles. The Balaban J connectivity index is 1.65. The standard InChI is InChI=1S/C19H21Cl2N3O2/c1-23-8-10-24(11-9-23)18-7-4-15(21)12-17(18)22-19(25)13-26-16-5-2-14(20)3-6-16/h2-7,12H,8-11,13H2,1H3,(H,22,25). The van der Waals surface area contributed by atoms with Crippen LogP contribution in [0.4, 0.5) is 11.4 Å². The number of piperazine rings is 1.